The van der Waals surface area contributed by atoms with Crippen molar-refractivity contribution in [3.05, 3.63) is 65.5 Å². The molecule has 0 saturated carbocycles. The number of rotatable bonds is 10. The summed E-state index contributed by atoms with van der Waals surface area (Å²) >= 11 is 0. The molecule has 0 radical (unpaired) electrons. The normalized spacial score (nSPS) is 15.5. The van der Waals surface area contributed by atoms with Gasteiger partial charge in [-0.15, -0.1) is 0 Å². The first-order valence-corrected chi connectivity index (χ1v) is 11.4. The average Bonchev–Trinajstić information content (AvgIpc) is 2.81. The van der Waals surface area contributed by atoms with Crippen LogP contribution in [-0.4, -0.2) is 56.8 Å². The molecule has 0 bridgehead atoms. The standard InChI is InChI=1S/C25H35FN4O2/c1-3-27-25(28-13-16-32-19-20-7-5-4-6-8-20)29-22-11-14-30(15-12-22)18-21-9-10-24(31-2)23(26)17-21/h4-10,17,22H,3,11-16,18-19H2,1-2H3,(H2,27,28,29). The fourth-order valence-corrected chi connectivity index (χ4v) is 3.80. The maximum absolute atomic E-state index is 13.9. The zero-order valence-electron chi connectivity index (χ0n) is 19.1. The summed E-state index contributed by atoms with van der Waals surface area (Å²) in [7, 11) is 1.48. The predicted octanol–water partition coefficient (Wildman–Crippen LogP) is 3.57. The Bertz CT molecular complexity index is 839. The van der Waals surface area contributed by atoms with Crippen LogP contribution in [0.1, 0.15) is 30.9 Å². The molecule has 0 aliphatic carbocycles. The molecule has 3 rings (SSSR count). The molecule has 1 aliphatic heterocycles. The number of methoxy groups -OCH3 is 1. The predicted molar refractivity (Wildman–Crippen MR) is 126 cm³/mol. The highest BCUT2D eigenvalue weighted by Crippen LogP contribution is 2.20. The van der Waals surface area contributed by atoms with Gasteiger partial charge in [-0.25, -0.2) is 4.39 Å². The van der Waals surface area contributed by atoms with Crippen LogP contribution in [0.4, 0.5) is 4.39 Å². The quantitative estimate of drug-likeness (QED) is 0.335. The number of guanidine groups is 1. The van der Waals surface area contributed by atoms with Gasteiger partial charge in [-0.1, -0.05) is 36.4 Å². The van der Waals surface area contributed by atoms with Crippen molar-refractivity contribution in [3.8, 4) is 5.75 Å². The highest BCUT2D eigenvalue weighted by Gasteiger charge is 2.20. The van der Waals surface area contributed by atoms with Crippen molar-refractivity contribution in [2.24, 2.45) is 4.99 Å². The van der Waals surface area contributed by atoms with Crippen LogP contribution in [0.3, 0.4) is 0 Å². The minimum absolute atomic E-state index is 0.289. The molecule has 0 unspecified atom stereocenters. The molecule has 0 spiro atoms. The number of nitrogens with one attached hydrogen (secondary N) is 2. The lowest BCUT2D eigenvalue weighted by molar-refractivity contribution is 0.128. The van der Waals surface area contributed by atoms with Crippen molar-refractivity contribution in [2.75, 3.05) is 39.9 Å². The largest absolute Gasteiger partial charge is 0.494 e. The molecule has 32 heavy (non-hydrogen) atoms. The second-order valence-corrected chi connectivity index (χ2v) is 7.96. The van der Waals surface area contributed by atoms with Crippen LogP contribution in [0.5, 0.6) is 5.75 Å². The molecule has 2 aromatic rings. The third kappa shape index (κ3) is 7.80. The lowest BCUT2D eigenvalue weighted by atomic mass is 10.0. The summed E-state index contributed by atoms with van der Waals surface area (Å²) in [6, 6.07) is 15.7. The Labute approximate surface area is 190 Å². The zero-order chi connectivity index (χ0) is 22.6. The molecule has 0 aromatic heterocycles. The second kappa shape index (κ2) is 13.0. The lowest BCUT2D eigenvalue weighted by Crippen LogP contribution is -2.48. The fraction of sp³-hybridized carbons (Fsp3) is 0.480. The van der Waals surface area contributed by atoms with E-state index < -0.39 is 0 Å². The van der Waals surface area contributed by atoms with Crippen LogP contribution >= 0.6 is 0 Å². The van der Waals surface area contributed by atoms with Crippen molar-refractivity contribution in [1.82, 2.24) is 15.5 Å². The maximum atomic E-state index is 13.9. The zero-order valence-corrected chi connectivity index (χ0v) is 19.1. The number of likely N-dealkylation sites (tertiary alicyclic amines) is 1. The van der Waals surface area contributed by atoms with Crippen LogP contribution in [-0.2, 0) is 17.9 Å². The fourth-order valence-electron chi connectivity index (χ4n) is 3.80. The van der Waals surface area contributed by atoms with Crippen molar-refractivity contribution in [3.63, 3.8) is 0 Å². The number of aliphatic imine (C=N–C) groups is 1. The highest BCUT2D eigenvalue weighted by atomic mass is 19.1. The van der Waals surface area contributed by atoms with E-state index in [2.05, 4.69) is 39.6 Å². The second-order valence-electron chi connectivity index (χ2n) is 7.96. The number of ether oxygens (including phenoxy) is 2. The van der Waals surface area contributed by atoms with E-state index >= 15 is 0 Å². The summed E-state index contributed by atoms with van der Waals surface area (Å²) in [6.45, 7) is 7.37. The molecular weight excluding hydrogens is 407 g/mol. The van der Waals surface area contributed by atoms with Gasteiger partial charge in [-0.05, 0) is 43.0 Å². The molecule has 7 heteroatoms. The molecule has 6 nitrogen and oxygen atoms in total. The number of hydrogen-bond acceptors (Lipinski definition) is 4. The molecule has 0 amide bonds. The van der Waals surface area contributed by atoms with E-state index in [9.17, 15) is 4.39 Å². The third-order valence-electron chi connectivity index (χ3n) is 5.51. The Morgan fingerprint density at radius 3 is 2.59 bits per heavy atom. The summed E-state index contributed by atoms with van der Waals surface area (Å²) < 4.78 is 24.7. The minimum Gasteiger partial charge on any atom is -0.494 e. The summed E-state index contributed by atoms with van der Waals surface area (Å²) in [5, 5.41) is 6.88. The van der Waals surface area contributed by atoms with E-state index in [1.54, 1.807) is 12.1 Å². The lowest BCUT2D eigenvalue weighted by Gasteiger charge is -2.33. The molecule has 2 N–H and O–H groups in total. The van der Waals surface area contributed by atoms with Gasteiger partial charge < -0.3 is 20.1 Å². The van der Waals surface area contributed by atoms with Gasteiger partial charge >= 0.3 is 0 Å². The van der Waals surface area contributed by atoms with E-state index in [4.69, 9.17) is 9.47 Å². The van der Waals surface area contributed by atoms with Crippen LogP contribution in [0.15, 0.2) is 53.5 Å². The van der Waals surface area contributed by atoms with Crippen LogP contribution in [0, 0.1) is 5.82 Å². The van der Waals surface area contributed by atoms with Gasteiger partial charge in [0.2, 0.25) is 0 Å². The van der Waals surface area contributed by atoms with E-state index in [0.717, 1.165) is 50.5 Å². The van der Waals surface area contributed by atoms with Crippen molar-refractivity contribution in [2.45, 2.75) is 39.0 Å². The molecule has 1 saturated heterocycles. The van der Waals surface area contributed by atoms with Gasteiger partial charge in [-0.2, -0.15) is 0 Å². The number of nitrogens with zero attached hydrogens (tertiary/aromatic N) is 2. The summed E-state index contributed by atoms with van der Waals surface area (Å²) in [4.78, 5) is 7.02. The molecule has 1 aliphatic rings. The SMILES string of the molecule is CCNC(=NCCOCc1ccccc1)NC1CCN(Cc2ccc(OC)c(F)c2)CC1. The maximum Gasteiger partial charge on any atom is 0.191 e. The summed E-state index contributed by atoms with van der Waals surface area (Å²) in [5.74, 6) is 0.824. The van der Waals surface area contributed by atoms with Gasteiger partial charge in [0.15, 0.2) is 17.5 Å². The molecular formula is C25H35FN4O2. The summed E-state index contributed by atoms with van der Waals surface area (Å²) in [6.07, 6.45) is 2.04. The Kier molecular flexibility index (Phi) is 9.78. The third-order valence-corrected chi connectivity index (χ3v) is 5.51. The van der Waals surface area contributed by atoms with Crippen LogP contribution in [0.25, 0.3) is 0 Å². The first kappa shape index (κ1) is 24.0. The van der Waals surface area contributed by atoms with E-state index in [-0.39, 0.29) is 11.6 Å². The Morgan fingerprint density at radius 2 is 1.91 bits per heavy atom. The first-order valence-electron chi connectivity index (χ1n) is 11.4. The summed E-state index contributed by atoms with van der Waals surface area (Å²) in [5.41, 5.74) is 2.14. The molecule has 0 atom stereocenters. The van der Waals surface area contributed by atoms with Crippen molar-refractivity contribution in [1.29, 1.82) is 0 Å². The number of benzene rings is 2. The molecule has 174 valence electrons. The topological polar surface area (TPSA) is 58.1 Å². The number of halogens is 1. The minimum atomic E-state index is -0.305. The Hall–Kier alpha value is -2.64. The van der Waals surface area contributed by atoms with Crippen LogP contribution in [0.2, 0.25) is 0 Å². The highest BCUT2D eigenvalue weighted by molar-refractivity contribution is 5.80. The Morgan fingerprint density at radius 1 is 1.12 bits per heavy atom. The van der Waals surface area contributed by atoms with Gasteiger partial charge in [0, 0.05) is 32.2 Å². The molecule has 1 fully saturated rings. The first-order chi connectivity index (χ1) is 15.7. The van der Waals surface area contributed by atoms with E-state index in [0.29, 0.717) is 25.8 Å². The van der Waals surface area contributed by atoms with Crippen molar-refractivity contribution >= 4 is 5.96 Å². The van der Waals surface area contributed by atoms with Crippen molar-refractivity contribution < 1.29 is 13.9 Å². The monoisotopic (exact) mass is 442 g/mol. The number of piperidine rings is 1. The average molecular weight is 443 g/mol. The Balaban J connectivity index is 1.39. The van der Waals surface area contributed by atoms with Crippen LogP contribution < -0.4 is 15.4 Å². The van der Waals surface area contributed by atoms with Gasteiger partial charge in [0.05, 0.1) is 26.9 Å². The molecule has 2 aromatic carbocycles. The van der Waals surface area contributed by atoms with E-state index in [1.807, 2.05) is 24.3 Å². The number of hydrogen-bond donors (Lipinski definition) is 2. The van der Waals surface area contributed by atoms with Gasteiger partial charge in [0.25, 0.3) is 0 Å². The van der Waals surface area contributed by atoms with Gasteiger partial charge in [0.1, 0.15) is 0 Å². The van der Waals surface area contributed by atoms with E-state index in [1.165, 1.54) is 12.7 Å². The molecule has 1 heterocycles. The van der Waals surface area contributed by atoms with Gasteiger partial charge in [-0.3, -0.25) is 9.89 Å². The smallest absolute Gasteiger partial charge is 0.191 e.